The van der Waals surface area contributed by atoms with Crippen LogP contribution >= 0.6 is 0 Å². The lowest BCUT2D eigenvalue weighted by Gasteiger charge is -2.11. The molecular formula is C22H23N5O4. The minimum absolute atomic E-state index is 0.0694. The first-order valence-electron chi connectivity index (χ1n) is 9.83. The Morgan fingerprint density at radius 3 is 2.65 bits per heavy atom. The molecule has 0 aromatic carbocycles. The maximum atomic E-state index is 12.8. The van der Waals surface area contributed by atoms with Crippen molar-refractivity contribution in [1.82, 2.24) is 24.9 Å². The van der Waals surface area contributed by atoms with Crippen LogP contribution < -0.4 is 5.56 Å². The summed E-state index contributed by atoms with van der Waals surface area (Å²) < 4.78 is 12.3. The minimum atomic E-state index is -1.54. The van der Waals surface area contributed by atoms with Gasteiger partial charge in [0.2, 0.25) is 11.8 Å². The standard InChI is InChI=1S/C22H23N5O4/c1-11(2)19-24-25-20(30-19)16-13(4)23-18-17(16)14(10-27(6)21(18)28)7-8-22(5,29)15-9-12(3)31-26-15/h9-11,23,29H,1-6H3/t22-/m1/s1. The van der Waals surface area contributed by atoms with E-state index in [4.69, 9.17) is 8.94 Å². The minimum Gasteiger partial charge on any atom is -0.420 e. The summed E-state index contributed by atoms with van der Waals surface area (Å²) >= 11 is 0. The fraction of sp³-hybridized carbons (Fsp3) is 0.364. The van der Waals surface area contributed by atoms with Gasteiger partial charge in [0.1, 0.15) is 17.0 Å². The second-order valence-corrected chi connectivity index (χ2v) is 8.08. The summed E-state index contributed by atoms with van der Waals surface area (Å²) in [5.74, 6) is 7.30. The van der Waals surface area contributed by atoms with Crippen LogP contribution in [0.1, 0.15) is 55.3 Å². The number of fused-ring (bicyclic) bond motifs is 1. The molecule has 160 valence electrons. The van der Waals surface area contributed by atoms with E-state index in [0.29, 0.717) is 51.0 Å². The normalized spacial score (nSPS) is 13.4. The molecule has 9 heteroatoms. The van der Waals surface area contributed by atoms with E-state index in [9.17, 15) is 9.90 Å². The molecule has 4 aromatic heterocycles. The molecule has 0 saturated carbocycles. The number of aryl methyl sites for hydroxylation is 3. The highest BCUT2D eigenvalue weighted by Gasteiger charge is 2.26. The van der Waals surface area contributed by atoms with Crippen LogP contribution in [0.3, 0.4) is 0 Å². The van der Waals surface area contributed by atoms with Gasteiger partial charge in [-0.05, 0) is 20.8 Å². The van der Waals surface area contributed by atoms with Crippen LogP contribution in [0.15, 0.2) is 26.0 Å². The van der Waals surface area contributed by atoms with E-state index in [1.165, 1.54) is 11.5 Å². The SMILES string of the molecule is Cc1cc([C@](C)(O)C#Cc2cn(C)c(=O)c3[nH]c(C)c(-c4nnc(C(C)C)o4)c23)no1. The molecule has 31 heavy (non-hydrogen) atoms. The Hall–Kier alpha value is -3.64. The fourth-order valence-corrected chi connectivity index (χ4v) is 3.33. The Morgan fingerprint density at radius 2 is 2.03 bits per heavy atom. The average Bonchev–Trinajstić information content (AvgIpc) is 3.42. The summed E-state index contributed by atoms with van der Waals surface area (Å²) in [5.41, 5.74) is 0.788. The Kier molecular flexibility index (Phi) is 4.82. The Balaban J connectivity index is 1.94. The number of H-pyrrole nitrogens is 1. The monoisotopic (exact) mass is 421 g/mol. The quantitative estimate of drug-likeness (QED) is 0.488. The van der Waals surface area contributed by atoms with E-state index in [-0.39, 0.29) is 11.5 Å². The number of hydrogen-bond donors (Lipinski definition) is 2. The van der Waals surface area contributed by atoms with Crippen LogP contribution in [-0.4, -0.2) is 30.0 Å². The van der Waals surface area contributed by atoms with E-state index in [2.05, 4.69) is 32.2 Å². The molecule has 0 unspecified atom stereocenters. The fourth-order valence-electron chi connectivity index (χ4n) is 3.33. The van der Waals surface area contributed by atoms with Crippen LogP contribution in [-0.2, 0) is 12.6 Å². The van der Waals surface area contributed by atoms with Gasteiger partial charge in [0.05, 0.1) is 11.1 Å². The van der Waals surface area contributed by atoms with Crippen LogP contribution in [0.4, 0.5) is 0 Å². The van der Waals surface area contributed by atoms with Crippen molar-refractivity contribution >= 4 is 10.9 Å². The van der Waals surface area contributed by atoms with Crippen LogP contribution in [0.25, 0.3) is 22.4 Å². The lowest BCUT2D eigenvalue weighted by Crippen LogP contribution is -2.19. The predicted molar refractivity (Wildman–Crippen MR) is 113 cm³/mol. The third-order valence-electron chi connectivity index (χ3n) is 5.03. The summed E-state index contributed by atoms with van der Waals surface area (Å²) in [4.78, 5) is 15.9. The van der Waals surface area contributed by atoms with Crippen molar-refractivity contribution in [1.29, 1.82) is 0 Å². The molecule has 9 nitrogen and oxygen atoms in total. The van der Waals surface area contributed by atoms with Crippen LogP contribution in [0.5, 0.6) is 0 Å². The van der Waals surface area contributed by atoms with E-state index in [0.717, 1.165) is 0 Å². The van der Waals surface area contributed by atoms with Gasteiger partial charge in [0.25, 0.3) is 5.56 Å². The van der Waals surface area contributed by atoms with Gasteiger partial charge in [-0.25, -0.2) is 0 Å². The highest BCUT2D eigenvalue weighted by Crippen LogP contribution is 2.33. The third kappa shape index (κ3) is 3.55. The van der Waals surface area contributed by atoms with Gasteiger partial charge in [0, 0.05) is 36.3 Å². The molecule has 0 fully saturated rings. The third-order valence-corrected chi connectivity index (χ3v) is 5.03. The van der Waals surface area contributed by atoms with Crippen LogP contribution in [0, 0.1) is 25.7 Å². The smallest absolute Gasteiger partial charge is 0.274 e. The first-order chi connectivity index (χ1) is 14.6. The average molecular weight is 421 g/mol. The van der Waals surface area contributed by atoms with E-state index in [1.807, 2.05) is 20.8 Å². The second kappa shape index (κ2) is 7.25. The topological polar surface area (TPSA) is 123 Å². The zero-order valence-corrected chi connectivity index (χ0v) is 18.2. The maximum absolute atomic E-state index is 12.8. The van der Waals surface area contributed by atoms with Gasteiger partial charge in [-0.1, -0.05) is 30.8 Å². The molecule has 0 radical (unpaired) electrons. The maximum Gasteiger partial charge on any atom is 0.274 e. The molecule has 1 atom stereocenters. The zero-order chi connectivity index (χ0) is 22.5. The largest absolute Gasteiger partial charge is 0.420 e. The van der Waals surface area contributed by atoms with Crippen molar-refractivity contribution in [2.45, 2.75) is 46.1 Å². The summed E-state index contributed by atoms with van der Waals surface area (Å²) in [5, 5.41) is 23.5. The predicted octanol–water partition coefficient (Wildman–Crippen LogP) is 2.90. The molecule has 0 saturated heterocycles. The zero-order valence-electron chi connectivity index (χ0n) is 18.2. The molecular weight excluding hydrogens is 398 g/mol. The lowest BCUT2D eigenvalue weighted by molar-refractivity contribution is 0.112. The first-order valence-corrected chi connectivity index (χ1v) is 9.83. The number of pyridine rings is 1. The summed E-state index contributed by atoms with van der Waals surface area (Å²) in [6.45, 7) is 9.02. The Labute approximate surface area is 178 Å². The van der Waals surface area contributed by atoms with Crippen molar-refractivity contribution in [3.8, 4) is 23.3 Å². The van der Waals surface area contributed by atoms with E-state index < -0.39 is 5.60 Å². The molecule has 0 bridgehead atoms. The molecule has 4 rings (SSSR count). The summed E-state index contributed by atoms with van der Waals surface area (Å²) in [6.07, 6.45) is 1.62. The molecule has 4 aromatic rings. The number of aromatic amines is 1. The number of nitrogens with one attached hydrogen (secondary N) is 1. The van der Waals surface area contributed by atoms with Gasteiger partial charge in [-0.15, -0.1) is 10.2 Å². The van der Waals surface area contributed by atoms with Crippen molar-refractivity contribution in [3.63, 3.8) is 0 Å². The Morgan fingerprint density at radius 1 is 1.29 bits per heavy atom. The molecule has 0 aliphatic carbocycles. The summed E-state index contributed by atoms with van der Waals surface area (Å²) in [7, 11) is 1.64. The first kappa shape index (κ1) is 20.6. The number of aliphatic hydroxyl groups is 1. The van der Waals surface area contributed by atoms with Crippen LogP contribution in [0.2, 0.25) is 0 Å². The lowest BCUT2D eigenvalue weighted by atomic mass is 10.0. The highest BCUT2D eigenvalue weighted by molar-refractivity contribution is 5.99. The van der Waals surface area contributed by atoms with Gasteiger partial charge in [0.15, 0.2) is 5.60 Å². The van der Waals surface area contributed by atoms with Crippen molar-refractivity contribution in [2.24, 2.45) is 7.05 Å². The molecule has 0 amide bonds. The molecule has 0 aliphatic heterocycles. The van der Waals surface area contributed by atoms with Gasteiger partial charge < -0.3 is 23.6 Å². The van der Waals surface area contributed by atoms with E-state index >= 15 is 0 Å². The summed E-state index contributed by atoms with van der Waals surface area (Å²) in [6, 6.07) is 1.63. The van der Waals surface area contributed by atoms with Crippen molar-refractivity contribution in [2.75, 3.05) is 0 Å². The number of hydrogen-bond acceptors (Lipinski definition) is 7. The second-order valence-electron chi connectivity index (χ2n) is 8.08. The highest BCUT2D eigenvalue weighted by atomic mass is 16.5. The molecule has 2 N–H and O–H groups in total. The Bertz CT molecular complexity index is 1410. The van der Waals surface area contributed by atoms with Gasteiger partial charge >= 0.3 is 0 Å². The van der Waals surface area contributed by atoms with E-state index in [1.54, 1.807) is 26.2 Å². The van der Waals surface area contributed by atoms with Gasteiger partial charge in [-0.2, -0.15) is 0 Å². The number of rotatable bonds is 3. The molecule has 0 spiro atoms. The molecule has 0 aliphatic rings. The number of nitrogens with zero attached hydrogens (tertiary/aromatic N) is 4. The van der Waals surface area contributed by atoms with Crippen molar-refractivity contribution < 1.29 is 14.0 Å². The number of aromatic nitrogens is 5. The van der Waals surface area contributed by atoms with Gasteiger partial charge in [-0.3, -0.25) is 4.79 Å². The van der Waals surface area contributed by atoms with Crippen molar-refractivity contribution in [3.05, 3.63) is 51.2 Å². The molecule has 4 heterocycles.